The molecule has 5 aliphatic rings. The van der Waals surface area contributed by atoms with Gasteiger partial charge in [-0.15, -0.1) is 0 Å². The molecule has 0 unspecified atom stereocenters. The molecule has 12 heteroatoms. The van der Waals surface area contributed by atoms with Crippen molar-refractivity contribution in [3.63, 3.8) is 0 Å². The minimum Gasteiger partial charge on any atom is -0.461 e. The number of aliphatic hydroxyl groups is 2. The molecule has 0 radical (unpaired) electrons. The highest BCUT2D eigenvalue weighted by molar-refractivity contribution is 5.78. The maximum atomic E-state index is 12.9. The van der Waals surface area contributed by atoms with Crippen molar-refractivity contribution < 1.29 is 57.8 Å². The molecule has 0 bridgehead atoms. The molecule has 1 saturated carbocycles. The molecule has 2 aliphatic carbocycles. The highest BCUT2D eigenvalue weighted by atomic mass is 16.6. The van der Waals surface area contributed by atoms with E-state index in [2.05, 4.69) is 0 Å². The Morgan fingerprint density at radius 1 is 1.03 bits per heavy atom. The standard InChI is InChI=1S/C26H34O12/c1-9-16-22(35-13(5)29)26(32)10(2)24(31)36-15(26)7-14(8-33-11(3)27)18-19(37-18)21(30)25(16,6)23-20(38-23)17(9)34-12(4)28/h7,9-10,15-23,30,32H,8H2,1-6H3/b14-7-/t9-,10+,15+,16-,17-,18-,19-,20+,21+,22+,23+,25+,26+/m1/s1. The third-order valence-electron chi connectivity index (χ3n) is 9.04. The second kappa shape index (κ2) is 9.00. The van der Waals surface area contributed by atoms with Crippen molar-refractivity contribution in [3.05, 3.63) is 11.6 Å². The summed E-state index contributed by atoms with van der Waals surface area (Å²) < 4.78 is 34.1. The fraction of sp³-hybridized carbons (Fsp3) is 0.769. The van der Waals surface area contributed by atoms with Gasteiger partial charge in [0.25, 0.3) is 0 Å². The molecule has 3 aliphatic heterocycles. The average Bonchev–Trinajstić information content (AvgIpc) is 3.74. The van der Waals surface area contributed by atoms with Crippen LogP contribution in [0, 0.1) is 23.2 Å². The maximum absolute atomic E-state index is 12.9. The molecule has 3 saturated heterocycles. The zero-order valence-corrected chi connectivity index (χ0v) is 22.1. The number of esters is 4. The van der Waals surface area contributed by atoms with Crippen molar-refractivity contribution in [1.82, 2.24) is 0 Å². The molecule has 2 N–H and O–H groups in total. The van der Waals surface area contributed by atoms with Gasteiger partial charge in [-0.1, -0.05) is 13.8 Å². The van der Waals surface area contributed by atoms with Gasteiger partial charge in [0.2, 0.25) is 0 Å². The van der Waals surface area contributed by atoms with E-state index in [9.17, 15) is 29.4 Å². The average molecular weight is 539 g/mol. The first-order valence-electron chi connectivity index (χ1n) is 12.8. The Balaban J connectivity index is 1.69. The van der Waals surface area contributed by atoms with Crippen LogP contribution >= 0.6 is 0 Å². The van der Waals surface area contributed by atoms with Crippen LogP contribution in [0.3, 0.4) is 0 Å². The minimum atomic E-state index is -2.09. The Labute approximate surface area is 219 Å². The largest absolute Gasteiger partial charge is 0.461 e. The van der Waals surface area contributed by atoms with E-state index in [-0.39, 0.29) is 6.61 Å². The summed E-state index contributed by atoms with van der Waals surface area (Å²) in [5.41, 5.74) is -2.86. The van der Waals surface area contributed by atoms with Crippen molar-refractivity contribution in [1.29, 1.82) is 0 Å². The van der Waals surface area contributed by atoms with Crippen LogP contribution in [0.4, 0.5) is 0 Å². The predicted octanol–water partition coefficient (Wildman–Crippen LogP) is -0.187. The van der Waals surface area contributed by atoms with Crippen LogP contribution in [0.5, 0.6) is 0 Å². The summed E-state index contributed by atoms with van der Waals surface area (Å²) in [7, 11) is 0. The van der Waals surface area contributed by atoms with Crippen LogP contribution in [0.1, 0.15) is 41.5 Å². The van der Waals surface area contributed by atoms with Gasteiger partial charge in [0.15, 0.2) is 11.7 Å². The second-order valence-electron chi connectivity index (χ2n) is 11.3. The van der Waals surface area contributed by atoms with E-state index in [4.69, 9.17) is 28.4 Å². The number of carbonyl (C=O) groups is 4. The number of epoxide rings is 2. The summed E-state index contributed by atoms with van der Waals surface area (Å²) in [5.74, 6) is -5.10. The van der Waals surface area contributed by atoms with E-state index in [0.29, 0.717) is 5.57 Å². The van der Waals surface area contributed by atoms with Gasteiger partial charge in [0.1, 0.15) is 37.1 Å². The molecule has 0 amide bonds. The molecule has 3 heterocycles. The summed E-state index contributed by atoms with van der Waals surface area (Å²) in [5, 5.41) is 24.2. The van der Waals surface area contributed by atoms with E-state index in [1.54, 1.807) is 13.8 Å². The van der Waals surface area contributed by atoms with Crippen LogP contribution in [-0.4, -0.2) is 95.1 Å². The third kappa shape index (κ3) is 3.95. The lowest BCUT2D eigenvalue weighted by Crippen LogP contribution is -2.67. The molecule has 5 rings (SSSR count). The first-order chi connectivity index (χ1) is 17.7. The topological polar surface area (TPSA) is 171 Å². The van der Waals surface area contributed by atoms with E-state index < -0.39 is 101 Å². The molecule has 12 nitrogen and oxygen atoms in total. The molecule has 0 aromatic carbocycles. The molecular formula is C26H34O12. The molecular weight excluding hydrogens is 504 g/mol. The van der Waals surface area contributed by atoms with Crippen LogP contribution in [0.2, 0.25) is 0 Å². The molecule has 0 spiro atoms. The van der Waals surface area contributed by atoms with Crippen molar-refractivity contribution in [2.45, 2.75) is 96.0 Å². The first-order valence-corrected chi connectivity index (χ1v) is 12.8. The highest BCUT2D eigenvalue weighted by Gasteiger charge is 2.76. The number of aliphatic hydroxyl groups excluding tert-OH is 1. The molecule has 13 atom stereocenters. The maximum Gasteiger partial charge on any atom is 0.312 e. The number of hydrogen-bond donors (Lipinski definition) is 2. The normalized spacial score (nSPS) is 49.9. The quantitative estimate of drug-likeness (QED) is 0.210. The minimum absolute atomic E-state index is 0.215. The third-order valence-corrected chi connectivity index (χ3v) is 9.04. The van der Waals surface area contributed by atoms with Crippen molar-refractivity contribution >= 4 is 23.9 Å². The van der Waals surface area contributed by atoms with E-state index in [1.807, 2.05) is 0 Å². The smallest absolute Gasteiger partial charge is 0.312 e. The predicted molar refractivity (Wildman–Crippen MR) is 124 cm³/mol. The number of rotatable bonds is 4. The molecule has 210 valence electrons. The van der Waals surface area contributed by atoms with Crippen LogP contribution < -0.4 is 0 Å². The summed E-state index contributed by atoms with van der Waals surface area (Å²) in [6, 6.07) is 0. The van der Waals surface area contributed by atoms with Gasteiger partial charge in [0, 0.05) is 38.0 Å². The SMILES string of the molecule is CC(=O)OC/C1=C/[C@@H]2OC(=O)[C@H](C)[C@@]2(O)[C@@H](OC(C)=O)[C@H]2[C@@H](C)[C@@H](OC(C)=O)[C@@H]3O[C@@H]3[C@]2(C)[C@@H](O)[C@@H]2O[C@H]12. The van der Waals surface area contributed by atoms with Gasteiger partial charge in [0.05, 0.1) is 18.1 Å². The highest BCUT2D eigenvalue weighted by Crippen LogP contribution is 2.62. The summed E-state index contributed by atoms with van der Waals surface area (Å²) in [6.45, 7) is 8.50. The molecule has 4 fully saturated rings. The van der Waals surface area contributed by atoms with Gasteiger partial charge in [-0.2, -0.15) is 0 Å². The molecule has 38 heavy (non-hydrogen) atoms. The van der Waals surface area contributed by atoms with Crippen LogP contribution in [0.15, 0.2) is 11.6 Å². The van der Waals surface area contributed by atoms with Gasteiger partial charge >= 0.3 is 23.9 Å². The summed E-state index contributed by atoms with van der Waals surface area (Å²) >= 11 is 0. The van der Waals surface area contributed by atoms with Gasteiger partial charge < -0.3 is 38.6 Å². The van der Waals surface area contributed by atoms with Crippen LogP contribution in [-0.2, 0) is 47.6 Å². The fourth-order valence-corrected chi connectivity index (χ4v) is 7.05. The Kier molecular flexibility index (Phi) is 6.41. The van der Waals surface area contributed by atoms with Crippen molar-refractivity contribution in [2.75, 3.05) is 6.61 Å². The first kappa shape index (κ1) is 27.0. The van der Waals surface area contributed by atoms with E-state index in [0.717, 1.165) is 0 Å². The summed E-state index contributed by atoms with van der Waals surface area (Å²) in [4.78, 5) is 48.9. The van der Waals surface area contributed by atoms with Gasteiger partial charge in [-0.3, -0.25) is 19.2 Å². The summed E-state index contributed by atoms with van der Waals surface area (Å²) in [6.07, 6.45) is -5.70. The number of hydrogen-bond acceptors (Lipinski definition) is 12. The Morgan fingerprint density at radius 2 is 1.68 bits per heavy atom. The van der Waals surface area contributed by atoms with Gasteiger partial charge in [-0.25, -0.2) is 0 Å². The number of fused-ring (bicyclic) bond motifs is 5. The molecule has 0 aromatic heterocycles. The Morgan fingerprint density at radius 3 is 2.29 bits per heavy atom. The lowest BCUT2D eigenvalue weighted by atomic mass is 9.53. The second-order valence-corrected chi connectivity index (χ2v) is 11.3. The van der Waals surface area contributed by atoms with E-state index in [1.165, 1.54) is 33.8 Å². The number of carbonyl (C=O) groups excluding carboxylic acids is 4. The molecule has 0 aromatic rings. The zero-order chi connectivity index (χ0) is 27.9. The Hall–Kier alpha value is -2.54. The number of ether oxygens (including phenoxy) is 6. The lowest BCUT2D eigenvalue weighted by molar-refractivity contribution is -0.219. The zero-order valence-electron chi connectivity index (χ0n) is 22.1. The van der Waals surface area contributed by atoms with Crippen LogP contribution in [0.25, 0.3) is 0 Å². The monoisotopic (exact) mass is 538 g/mol. The van der Waals surface area contributed by atoms with Crippen molar-refractivity contribution in [3.8, 4) is 0 Å². The lowest BCUT2D eigenvalue weighted by Gasteiger charge is -2.53. The van der Waals surface area contributed by atoms with Crippen molar-refractivity contribution in [2.24, 2.45) is 23.2 Å². The fourth-order valence-electron chi connectivity index (χ4n) is 7.05. The van der Waals surface area contributed by atoms with Gasteiger partial charge in [-0.05, 0) is 18.6 Å². The Bertz CT molecular complexity index is 1090. The van der Waals surface area contributed by atoms with E-state index >= 15 is 0 Å².